The molecule has 7 heteroatoms. The zero-order valence-electron chi connectivity index (χ0n) is 14.3. The number of amides is 2. The van der Waals surface area contributed by atoms with Crippen LogP contribution in [0.4, 0.5) is 0 Å². The van der Waals surface area contributed by atoms with Crippen molar-refractivity contribution in [2.45, 2.75) is 39.0 Å². The highest BCUT2D eigenvalue weighted by Crippen LogP contribution is 1.93. The van der Waals surface area contributed by atoms with E-state index >= 15 is 0 Å². The van der Waals surface area contributed by atoms with E-state index in [4.69, 9.17) is 14.2 Å². The molecule has 0 aromatic heterocycles. The van der Waals surface area contributed by atoms with Crippen molar-refractivity contribution in [3.05, 3.63) is 0 Å². The molecule has 7 nitrogen and oxygen atoms in total. The second-order valence-corrected chi connectivity index (χ2v) is 5.07. The van der Waals surface area contributed by atoms with E-state index < -0.39 is 0 Å². The SMILES string of the molecule is CCCCC(=O)NCCCOCCOCCOCCCNC=O. The summed E-state index contributed by atoms with van der Waals surface area (Å²) in [6, 6.07) is 0. The molecule has 0 heterocycles. The van der Waals surface area contributed by atoms with Gasteiger partial charge in [0, 0.05) is 32.7 Å². The fraction of sp³-hybridized carbons (Fsp3) is 0.875. The Bertz CT molecular complexity index is 277. The Morgan fingerprint density at radius 3 is 2.00 bits per heavy atom. The molecule has 136 valence electrons. The van der Waals surface area contributed by atoms with Gasteiger partial charge in [0.25, 0.3) is 0 Å². The highest BCUT2D eigenvalue weighted by Gasteiger charge is 1.98. The Morgan fingerprint density at radius 2 is 1.43 bits per heavy atom. The molecule has 2 N–H and O–H groups in total. The van der Waals surface area contributed by atoms with Crippen molar-refractivity contribution in [1.29, 1.82) is 0 Å². The Hall–Kier alpha value is -1.18. The maximum absolute atomic E-state index is 11.3. The minimum absolute atomic E-state index is 0.122. The second kappa shape index (κ2) is 18.9. The molecule has 0 rings (SSSR count). The lowest BCUT2D eigenvalue weighted by molar-refractivity contribution is -0.121. The Balaban J connectivity index is 3.05. The Morgan fingerprint density at radius 1 is 0.870 bits per heavy atom. The first-order valence-electron chi connectivity index (χ1n) is 8.48. The average molecular weight is 332 g/mol. The summed E-state index contributed by atoms with van der Waals surface area (Å²) in [4.78, 5) is 21.3. The van der Waals surface area contributed by atoms with Crippen LogP contribution in [0.1, 0.15) is 39.0 Å². The van der Waals surface area contributed by atoms with E-state index in [0.717, 1.165) is 25.7 Å². The topological polar surface area (TPSA) is 85.9 Å². The molecule has 0 atom stereocenters. The zero-order chi connectivity index (χ0) is 17.0. The molecule has 0 aliphatic carbocycles. The van der Waals surface area contributed by atoms with Gasteiger partial charge in [-0.2, -0.15) is 0 Å². The number of nitrogens with one attached hydrogen (secondary N) is 2. The van der Waals surface area contributed by atoms with Gasteiger partial charge in [-0.15, -0.1) is 0 Å². The normalized spacial score (nSPS) is 10.5. The van der Waals surface area contributed by atoms with Crippen molar-refractivity contribution in [2.24, 2.45) is 0 Å². The molecule has 0 bridgehead atoms. The van der Waals surface area contributed by atoms with Crippen molar-refractivity contribution >= 4 is 12.3 Å². The molecule has 0 unspecified atom stereocenters. The highest BCUT2D eigenvalue weighted by molar-refractivity contribution is 5.75. The first kappa shape index (κ1) is 21.8. The molecule has 0 saturated carbocycles. The number of rotatable bonds is 18. The number of ether oxygens (including phenoxy) is 3. The van der Waals surface area contributed by atoms with Crippen LogP contribution in [-0.4, -0.2) is 65.0 Å². The van der Waals surface area contributed by atoms with E-state index in [1.165, 1.54) is 0 Å². The minimum atomic E-state index is 0.122. The Kier molecular flexibility index (Phi) is 17.9. The molecular weight excluding hydrogens is 300 g/mol. The molecule has 0 aromatic carbocycles. The van der Waals surface area contributed by atoms with Crippen LogP contribution >= 0.6 is 0 Å². The van der Waals surface area contributed by atoms with Crippen LogP contribution < -0.4 is 10.6 Å². The lowest BCUT2D eigenvalue weighted by Gasteiger charge is -2.07. The number of hydrogen-bond acceptors (Lipinski definition) is 5. The van der Waals surface area contributed by atoms with Crippen molar-refractivity contribution in [3.8, 4) is 0 Å². The quantitative estimate of drug-likeness (QED) is 0.287. The summed E-state index contributed by atoms with van der Waals surface area (Å²) >= 11 is 0. The molecule has 23 heavy (non-hydrogen) atoms. The van der Waals surface area contributed by atoms with Crippen LogP contribution in [-0.2, 0) is 23.8 Å². The first-order valence-corrected chi connectivity index (χ1v) is 8.48. The number of unbranched alkanes of at least 4 members (excludes halogenated alkanes) is 1. The van der Waals surface area contributed by atoms with Crippen LogP contribution in [0.15, 0.2) is 0 Å². The van der Waals surface area contributed by atoms with Crippen LogP contribution in [0, 0.1) is 0 Å². The van der Waals surface area contributed by atoms with Gasteiger partial charge in [0.1, 0.15) is 0 Å². The lowest BCUT2D eigenvalue weighted by Crippen LogP contribution is -2.25. The van der Waals surface area contributed by atoms with Crippen LogP contribution in [0.5, 0.6) is 0 Å². The lowest BCUT2D eigenvalue weighted by atomic mass is 10.2. The van der Waals surface area contributed by atoms with Crippen molar-refractivity contribution in [1.82, 2.24) is 10.6 Å². The van der Waals surface area contributed by atoms with Crippen molar-refractivity contribution in [2.75, 3.05) is 52.7 Å². The molecule has 0 aliphatic heterocycles. The fourth-order valence-corrected chi connectivity index (χ4v) is 1.70. The van der Waals surface area contributed by atoms with Crippen molar-refractivity contribution in [3.63, 3.8) is 0 Å². The molecule has 2 amide bonds. The first-order chi connectivity index (χ1) is 11.3. The van der Waals surface area contributed by atoms with Gasteiger partial charge in [-0.25, -0.2) is 0 Å². The van der Waals surface area contributed by atoms with E-state index in [0.29, 0.717) is 65.6 Å². The zero-order valence-corrected chi connectivity index (χ0v) is 14.3. The smallest absolute Gasteiger partial charge is 0.219 e. The summed E-state index contributed by atoms with van der Waals surface area (Å²) in [7, 11) is 0. The fourth-order valence-electron chi connectivity index (χ4n) is 1.70. The van der Waals surface area contributed by atoms with E-state index in [-0.39, 0.29) is 5.91 Å². The molecule has 0 aromatic rings. The molecule has 0 fully saturated rings. The third-order valence-corrected chi connectivity index (χ3v) is 2.98. The van der Waals surface area contributed by atoms with Gasteiger partial charge in [0.05, 0.1) is 26.4 Å². The van der Waals surface area contributed by atoms with Crippen molar-refractivity contribution < 1.29 is 23.8 Å². The summed E-state index contributed by atoms with van der Waals surface area (Å²) in [6.07, 6.45) is 4.90. The molecule has 0 aliphatic rings. The highest BCUT2D eigenvalue weighted by atomic mass is 16.5. The van der Waals surface area contributed by atoms with Gasteiger partial charge in [0.15, 0.2) is 0 Å². The number of hydrogen-bond donors (Lipinski definition) is 2. The predicted octanol–water partition coefficient (Wildman–Crippen LogP) is 0.869. The van der Waals surface area contributed by atoms with Gasteiger partial charge in [-0.3, -0.25) is 9.59 Å². The number of carbonyl (C=O) groups is 2. The molecule has 0 saturated heterocycles. The maximum Gasteiger partial charge on any atom is 0.219 e. The van der Waals surface area contributed by atoms with Gasteiger partial charge in [-0.1, -0.05) is 13.3 Å². The summed E-state index contributed by atoms with van der Waals surface area (Å²) in [5, 5.41) is 5.44. The molecular formula is C16H32N2O5. The summed E-state index contributed by atoms with van der Waals surface area (Å²) in [5.41, 5.74) is 0. The average Bonchev–Trinajstić information content (AvgIpc) is 2.56. The van der Waals surface area contributed by atoms with E-state index in [9.17, 15) is 9.59 Å². The predicted molar refractivity (Wildman–Crippen MR) is 88.3 cm³/mol. The minimum Gasteiger partial charge on any atom is -0.379 e. The largest absolute Gasteiger partial charge is 0.379 e. The summed E-state index contributed by atoms with van der Waals surface area (Å²) < 4.78 is 16.1. The maximum atomic E-state index is 11.3. The van der Waals surface area contributed by atoms with Crippen LogP contribution in [0.25, 0.3) is 0 Å². The van der Waals surface area contributed by atoms with Crippen LogP contribution in [0.3, 0.4) is 0 Å². The summed E-state index contributed by atoms with van der Waals surface area (Å²) in [5.74, 6) is 0.122. The van der Waals surface area contributed by atoms with E-state index in [1.54, 1.807) is 0 Å². The Labute approximate surface area is 139 Å². The van der Waals surface area contributed by atoms with Gasteiger partial charge in [-0.05, 0) is 19.3 Å². The third kappa shape index (κ3) is 18.8. The van der Waals surface area contributed by atoms with Gasteiger partial charge < -0.3 is 24.8 Å². The molecule has 0 spiro atoms. The second-order valence-electron chi connectivity index (χ2n) is 5.07. The third-order valence-electron chi connectivity index (χ3n) is 2.98. The molecule has 0 radical (unpaired) electrons. The van der Waals surface area contributed by atoms with Gasteiger partial charge in [0.2, 0.25) is 12.3 Å². The monoisotopic (exact) mass is 332 g/mol. The van der Waals surface area contributed by atoms with Gasteiger partial charge >= 0.3 is 0 Å². The van der Waals surface area contributed by atoms with E-state index in [2.05, 4.69) is 17.6 Å². The van der Waals surface area contributed by atoms with E-state index in [1.807, 2.05) is 0 Å². The number of carbonyl (C=O) groups excluding carboxylic acids is 2. The summed E-state index contributed by atoms with van der Waals surface area (Å²) in [6.45, 7) is 6.79. The van der Waals surface area contributed by atoms with Crippen LogP contribution in [0.2, 0.25) is 0 Å². The standard InChI is InChI=1S/C16H32N2O5/c1-2-3-6-16(20)18-8-5-10-22-12-14-23-13-11-21-9-4-7-17-15-19/h15H,2-14H2,1H3,(H,17,19)(H,18,20).